The van der Waals surface area contributed by atoms with Crippen molar-refractivity contribution in [1.82, 2.24) is 4.90 Å². The summed E-state index contributed by atoms with van der Waals surface area (Å²) >= 11 is 12.0. The first kappa shape index (κ1) is 20.2. The number of hydrogen-bond donors (Lipinski definition) is 1. The molecule has 0 unspecified atom stereocenters. The molecule has 0 saturated heterocycles. The molecule has 0 spiro atoms. The predicted molar refractivity (Wildman–Crippen MR) is 109 cm³/mol. The lowest BCUT2D eigenvalue weighted by molar-refractivity contribution is -0.120. The van der Waals surface area contributed by atoms with Crippen LogP contribution in [0.3, 0.4) is 0 Å². The van der Waals surface area contributed by atoms with Gasteiger partial charge in [-0.05, 0) is 35.9 Å². The summed E-state index contributed by atoms with van der Waals surface area (Å²) in [5, 5.41) is 9.86. The molecule has 2 amide bonds. The van der Waals surface area contributed by atoms with E-state index in [9.17, 15) is 14.7 Å². The Morgan fingerprint density at radius 3 is 2.29 bits per heavy atom. The molecule has 1 aliphatic heterocycles. The Kier molecular flexibility index (Phi) is 5.93. The molecular formula is C20H18Cl2N2O4. The highest BCUT2D eigenvalue weighted by Gasteiger charge is 2.41. The third kappa shape index (κ3) is 3.58. The molecule has 2 aromatic carbocycles. The summed E-state index contributed by atoms with van der Waals surface area (Å²) in [7, 11) is 3.20. The van der Waals surface area contributed by atoms with Crippen LogP contribution in [-0.2, 0) is 9.59 Å². The molecule has 1 N–H and O–H groups in total. The molecule has 8 heteroatoms. The lowest BCUT2D eigenvalue weighted by Crippen LogP contribution is -2.34. The van der Waals surface area contributed by atoms with E-state index in [1.54, 1.807) is 49.4 Å². The average molecular weight is 421 g/mol. The minimum Gasteiger partial charge on any atom is -0.497 e. The van der Waals surface area contributed by atoms with Crippen molar-refractivity contribution in [3.05, 3.63) is 63.8 Å². The summed E-state index contributed by atoms with van der Waals surface area (Å²) in [6.07, 6.45) is 0. The number of nitrogens with zero attached hydrogens (tertiary/aromatic N) is 2. The molecule has 0 aliphatic carbocycles. The number of halogens is 2. The SMILES string of the molecule is COc1ccc(C2=C(N(C)CCO)C(=O)N(c3ccc(Cl)c(Cl)c3)C2=O)cc1. The van der Waals surface area contributed by atoms with Crippen molar-refractivity contribution >= 4 is 46.3 Å². The fourth-order valence-electron chi connectivity index (χ4n) is 3.01. The van der Waals surface area contributed by atoms with E-state index in [4.69, 9.17) is 27.9 Å². The number of likely N-dealkylation sites (N-methyl/N-ethyl adjacent to an activating group) is 1. The number of hydrogen-bond acceptors (Lipinski definition) is 5. The Bertz CT molecular complexity index is 957. The van der Waals surface area contributed by atoms with Gasteiger partial charge in [-0.2, -0.15) is 0 Å². The first-order chi connectivity index (χ1) is 13.4. The van der Waals surface area contributed by atoms with Gasteiger partial charge in [-0.1, -0.05) is 35.3 Å². The first-order valence-corrected chi connectivity index (χ1v) is 9.19. The van der Waals surface area contributed by atoms with Crippen molar-refractivity contribution in [3.63, 3.8) is 0 Å². The highest BCUT2D eigenvalue weighted by Crippen LogP contribution is 2.36. The third-order valence-electron chi connectivity index (χ3n) is 4.42. The number of methoxy groups -OCH3 is 1. The standard InChI is InChI=1S/C20H18Cl2N2O4/c1-23(9-10-25)18-17(12-3-6-14(28-2)7-4-12)19(26)24(20(18)27)13-5-8-15(21)16(22)11-13/h3-8,11,25H,9-10H2,1-2H3. The van der Waals surface area contributed by atoms with Crippen molar-refractivity contribution in [3.8, 4) is 5.75 Å². The van der Waals surface area contributed by atoms with Crippen LogP contribution in [0.4, 0.5) is 5.69 Å². The van der Waals surface area contributed by atoms with Gasteiger partial charge in [0, 0.05) is 13.6 Å². The van der Waals surface area contributed by atoms with Crippen molar-refractivity contribution in [2.24, 2.45) is 0 Å². The van der Waals surface area contributed by atoms with Crippen LogP contribution >= 0.6 is 23.2 Å². The van der Waals surface area contributed by atoms with Crippen LogP contribution in [0.25, 0.3) is 5.57 Å². The Labute approximate surface area is 172 Å². The van der Waals surface area contributed by atoms with E-state index < -0.39 is 11.8 Å². The number of amides is 2. The quantitative estimate of drug-likeness (QED) is 0.726. The summed E-state index contributed by atoms with van der Waals surface area (Å²) in [5.74, 6) is -0.341. The molecule has 1 heterocycles. The summed E-state index contributed by atoms with van der Waals surface area (Å²) in [5.41, 5.74) is 1.34. The molecule has 28 heavy (non-hydrogen) atoms. The molecule has 0 aromatic heterocycles. The molecule has 0 radical (unpaired) electrons. The average Bonchev–Trinajstić information content (AvgIpc) is 2.95. The lowest BCUT2D eigenvalue weighted by Gasteiger charge is -2.20. The van der Waals surface area contributed by atoms with Crippen LogP contribution in [0.2, 0.25) is 10.0 Å². The Hall–Kier alpha value is -2.54. The molecule has 6 nitrogen and oxygen atoms in total. The number of benzene rings is 2. The van der Waals surface area contributed by atoms with Gasteiger partial charge in [0.15, 0.2) is 0 Å². The van der Waals surface area contributed by atoms with Crippen LogP contribution in [0.5, 0.6) is 5.75 Å². The fraction of sp³-hybridized carbons (Fsp3) is 0.200. The zero-order valence-corrected chi connectivity index (χ0v) is 16.8. The lowest BCUT2D eigenvalue weighted by atomic mass is 10.0. The van der Waals surface area contributed by atoms with E-state index in [-0.39, 0.29) is 29.4 Å². The maximum absolute atomic E-state index is 13.2. The topological polar surface area (TPSA) is 70.1 Å². The number of anilines is 1. The van der Waals surface area contributed by atoms with Gasteiger partial charge in [-0.25, -0.2) is 4.90 Å². The summed E-state index contributed by atoms with van der Waals surface area (Å²) in [6, 6.07) is 11.4. The predicted octanol–water partition coefficient (Wildman–Crippen LogP) is 3.21. The number of ether oxygens (including phenoxy) is 1. The van der Waals surface area contributed by atoms with Crippen LogP contribution in [-0.4, -0.2) is 49.1 Å². The molecule has 0 saturated carbocycles. The Morgan fingerprint density at radius 2 is 1.71 bits per heavy atom. The van der Waals surface area contributed by atoms with E-state index in [2.05, 4.69) is 0 Å². The molecule has 0 fully saturated rings. The summed E-state index contributed by atoms with van der Waals surface area (Å²) in [6.45, 7) is 0.0351. The summed E-state index contributed by atoms with van der Waals surface area (Å²) in [4.78, 5) is 29.0. The molecule has 2 aromatic rings. The van der Waals surface area contributed by atoms with E-state index in [1.165, 1.54) is 12.1 Å². The molecule has 1 aliphatic rings. The highest BCUT2D eigenvalue weighted by atomic mass is 35.5. The number of aliphatic hydroxyl groups is 1. The number of imide groups is 1. The number of rotatable bonds is 6. The van der Waals surface area contributed by atoms with Gasteiger partial charge in [0.2, 0.25) is 0 Å². The zero-order valence-electron chi connectivity index (χ0n) is 15.3. The van der Waals surface area contributed by atoms with Crippen molar-refractivity contribution in [2.75, 3.05) is 32.2 Å². The van der Waals surface area contributed by atoms with Gasteiger partial charge < -0.3 is 14.7 Å². The van der Waals surface area contributed by atoms with Gasteiger partial charge in [-0.15, -0.1) is 0 Å². The van der Waals surface area contributed by atoms with Gasteiger partial charge in [0.05, 0.1) is 35.0 Å². The molecule has 0 atom stereocenters. The summed E-state index contributed by atoms with van der Waals surface area (Å²) < 4.78 is 5.16. The normalized spacial score (nSPS) is 14.1. The Morgan fingerprint density at radius 1 is 1.04 bits per heavy atom. The Balaban J connectivity index is 2.11. The van der Waals surface area contributed by atoms with Crippen LogP contribution in [0, 0.1) is 0 Å². The van der Waals surface area contributed by atoms with Crippen LogP contribution in [0.15, 0.2) is 48.2 Å². The van der Waals surface area contributed by atoms with Crippen molar-refractivity contribution in [1.29, 1.82) is 0 Å². The fourth-order valence-corrected chi connectivity index (χ4v) is 3.30. The van der Waals surface area contributed by atoms with Crippen molar-refractivity contribution in [2.45, 2.75) is 0 Å². The van der Waals surface area contributed by atoms with E-state index in [1.807, 2.05) is 0 Å². The smallest absolute Gasteiger partial charge is 0.282 e. The van der Waals surface area contributed by atoms with Crippen molar-refractivity contribution < 1.29 is 19.4 Å². The second-order valence-electron chi connectivity index (χ2n) is 6.14. The highest BCUT2D eigenvalue weighted by molar-refractivity contribution is 6.46. The largest absolute Gasteiger partial charge is 0.497 e. The number of aliphatic hydroxyl groups excluding tert-OH is 1. The second-order valence-corrected chi connectivity index (χ2v) is 6.96. The van der Waals surface area contributed by atoms with Gasteiger partial charge in [-0.3, -0.25) is 9.59 Å². The van der Waals surface area contributed by atoms with E-state index in [0.717, 1.165) is 4.90 Å². The first-order valence-electron chi connectivity index (χ1n) is 8.43. The van der Waals surface area contributed by atoms with E-state index in [0.29, 0.717) is 22.0 Å². The van der Waals surface area contributed by atoms with Crippen LogP contribution < -0.4 is 9.64 Å². The van der Waals surface area contributed by atoms with Gasteiger partial charge in [0.1, 0.15) is 11.4 Å². The van der Waals surface area contributed by atoms with Gasteiger partial charge >= 0.3 is 0 Å². The molecular weight excluding hydrogens is 403 g/mol. The second kappa shape index (κ2) is 8.22. The minimum absolute atomic E-state index is 0.163. The number of carbonyl (C=O) groups is 2. The maximum Gasteiger partial charge on any atom is 0.282 e. The minimum atomic E-state index is -0.495. The van der Waals surface area contributed by atoms with Gasteiger partial charge in [0.25, 0.3) is 11.8 Å². The molecule has 0 bridgehead atoms. The number of carbonyl (C=O) groups excluding carboxylic acids is 2. The van der Waals surface area contributed by atoms with Crippen LogP contribution in [0.1, 0.15) is 5.56 Å². The van der Waals surface area contributed by atoms with E-state index >= 15 is 0 Å². The zero-order chi connectivity index (χ0) is 20.4. The molecule has 146 valence electrons. The molecule has 3 rings (SSSR count). The third-order valence-corrected chi connectivity index (χ3v) is 5.16. The maximum atomic E-state index is 13.2. The monoisotopic (exact) mass is 420 g/mol.